The van der Waals surface area contributed by atoms with Gasteiger partial charge in [-0.15, -0.1) is 11.3 Å². The van der Waals surface area contributed by atoms with Gasteiger partial charge >= 0.3 is 0 Å². The predicted octanol–water partition coefficient (Wildman–Crippen LogP) is 2.00. The monoisotopic (exact) mass is 312 g/mol. The topological polar surface area (TPSA) is 92.7 Å². The van der Waals surface area contributed by atoms with Gasteiger partial charge in [0, 0.05) is 24.0 Å². The molecule has 0 bridgehead atoms. The van der Waals surface area contributed by atoms with Crippen molar-refractivity contribution in [1.82, 2.24) is 25.3 Å². The maximum atomic E-state index is 12.0. The molecule has 1 amide bonds. The van der Waals surface area contributed by atoms with Crippen LogP contribution < -0.4 is 10.6 Å². The average molecular weight is 312 g/mol. The Bertz CT molecular complexity index is 746. The Labute approximate surface area is 130 Å². The van der Waals surface area contributed by atoms with Gasteiger partial charge in [-0.1, -0.05) is 6.07 Å². The number of hydrogen-bond donors (Lipinski definition) is 2. The summed E-state index contributed by atoms with van der Waals surface area (Å²) in [5, 5.41) is 7.97. The van der Waals surface area contributed by atoms with Gasteiger partial charge in [0.2, 0.25) is 5.95 Å². The van der Waals surface area contributed by atoms with Crippen molar-refractivity contribution in [3.8, 4) is 0 Å². The van der Waals surface area contributed by atoms with E-state index in [0.717, 1.165) is 5.69 Å². The van der Waals surface area contributed by atoms with Crippen molar-refractivity contribution in [3.63, 3.8) is 0 Å². The molecule has 2 N–H and O–H groups in total. The largest absolute Gasteiger partial charge is 0.345 e. The van der Waals surface area contributed by atoms with E-state index in [9.17, 15) is 4.79 Å². The summed E-state index contributed by atoms with van der Waals surface area (Å²) in [5.41, 5.74) is 1.14. The van der Waals surface area contributed by atoms with E-state index in [4.69, 9.17) is 0 Å². The van der Waals surface area contributed by atoms with Crippen LogP contribution in [0.3, 0.4) is 0 Å². The molecule has 0 radical (unpaired) electrons. The highest BCUT2D eigenvalue weighted by atomic mass is 32.1. The Hall–Kier alpha value is -2.87. The third kappa shape index (κ3) is 3.61. The number of carbonyl (C=O) groups excluding carboxylic acids is 1. The van der Waals surface area contributed by atoms with Crippen molar-refractivity contribution in [2.24, 2.45) is 0 Å². The van der Waals surface area contributed by atoms with Crippen molar-refractivity contribution < 1.29 is 4.79 Å². The Balaban J connectivity index is 1.60. The van der Waals surface area contributed by atoms with E-state index < -0.39 is 0 Å². The number of aromatic nitrogens is 4. The highest BCUT2D eigenvalue weighted by molar-refractivity contribution is 7.14. The summed E-state index contributed by atoms with van der Waals surface area (Å²) < 4.78 is 0. The van der Waals surface area contributed by atoms with E-state index in [1.165, 1.54) is 11.3 Å². The van der Waals surface area contributed by atoms with Crippen LogP contribution in [0.5, 0.6) is 0 Å². The molecule has 3 aromatic heterocycles. The number of carbonyl (C=O) groups is 1. The van der Waals surface area contributed by atoms with E-state index in [1.54, 1.807) is 30.0 Å². The zero-order valence-corrected chi connectivity index (χ0v) is 12.2. The van der Waals surface area contributed by atoms with Crippen LogP contribution in [-0.2, 0) is 6.54 Å². The maximum absolute atomic E-state index is 12.0. The molecule has 0 fully saturated rings. The van der Waals surface area contributed by atoms with E-state index >= 15 is 0 Å². The number of pyridine rings is 1. The predicted molar refractivity (Wildman–Crippen MR) is 82.8 cm³/mol. The number of nitrogens with zero attached hydrogens (tertiary/aromatic N) is 4. The molecule has 0 saturated heterocycles. The van der Waals surface area contributed by atoms with Crippen molar-refractivity contribution in [3.05, 3.63) is 59.6 Å². The molecule has 0 atom stereocenters. The lowest BCUT2D eigenvalue weighted by Gasteiger charge is -2.02. The normalized spacial score (nSPS) is 10.2. The van der Waals surface area contributed by atoms with Crippen LogP contribution in [0.1, 0.15) is 16.2 Å². The molecule has 7 nitrogen and oxygen atoms in total. The average Bonchev–Trinajstić information content (AvgIpc) is 3.03. The van der Waals surface area contributed by atoms with Crippen LogP contribution >= 0.6 is 11.3 Å². The third-order valence-corrected chi connectivity index (χ3v) is 3.44. The standard InChI is InChI=1S/C14H12N6OS/c21-12(18-8-10-4-1-2-5-15-10)11-9-22-14(19-11)20-13-16-6-3-7-17-13/h1-7,9H,8H2,(H,18,21)(H,16,17,19,20). The molecule has 0 spiro atoms. The van der Waals surface area contributed by atoms with E-state index in [-0.39, 0.29) is 5.91 Å². The Morgan fingerprint density at radius 1 is 1.09 bits per heavy atom. The first-order valence-electron chi connectivity index (χ1n) is 6.49. The number of nitrogens with one attached hydrogen (secondary N) is 2. The van der Waals surface area contributed by atoms with E-state index in [0.29, 0.717) is 23.3 Å². The van der Waals surface area contributed by atoms with Crippen LogP contribution in [-0.4, -0.2) is 25.8 Å². The molecule has 0 aliphatic heterocycles. The summed E-state index contributed by atoms with van der Waals surface area (Å²) >= 11 is 1.32. The minimum Gasteiger partial charge on any atom is -0.345 e. The fraction of sp³-hybridized carbons (Fsp3) is 0.0714. The van der Waals surface area contributed by atoms with Gasteiger partial charge in [0.15, 0.2) is 5.13 Å². The molecular formula is C14H12N6OS. The first-order valence-corrected chi connectivity index (χ1v) is 7.37. The number of hydrogen-bond acceptors (Lipinski definition) is 7. The first kappa shape index (κ1) is 14.1. The molecule has 22 heavy (non-hydrogen) atoms. The molecule has 3 heterocycles. The minimum atomic E-state index is -0.246. The lowest BCUT2D eigenvalue weighted by molar-refractivity contribution is 0.0946. The summed E-state index contributed by atoms with van der Waals surface area (Å²) in [5.74, 6) is 0.196. The summed E-state index contributed by atoms with van der Waals surface area (Å²) in [6.45, 7) is 0.363. The first-order chi connectivity index (χ1) is 10.8. The Morgan fingerprint density at radius 2 is 1.91 bits per heavy atom. The van der Waals surface area contributed by atoms with Crippen LogP contribution in [0.15, 0.2) is 48.2 Å². The van der Waals surface area contributed by atoms with Gasteiger partial charge in [0.1, 0.15) is 5.69 Å². The van der Waals surface area contributed by atoms with Gasteiger partial charge in [0.05, 0.1) is 12.2 Å². The molecule has 8 heteroatoms. The zero-order valence-electron chi connectivity index (χ0n) is 11.4. The van der Waals surface area contributed by atoms with Crippen molar-refractivity contribution >= 4 is 28.3 Å². The summed E-state index contributed by atoms with van der Waals surface area (Å²) in [4.78, 5) is 28.5. The minimum absolute atomic E-state index is 0.246. The van der Waals surface area contributed by atoms with Crippen molar-refractivity contribution in [2.75, 3.05) is 5.32 Å². The highest BCUT2D eigenvalue weighted by Gasteiger charge is 2.11. The lowest BCUT2D eigenvalue weighted by atomic mass is 10.3. The second-order valence-corrected chi connectivity index (χ2v) is 5.10. The second-order valence-electron chi connectivity index (χ2n) is 4.24. The molecule has 0 aliphatic rings. The van der Waals surface area contributed by atoms with Gasteiger partial charge in [0.25, 0.3) is 5.91 Å². The van der Waals surface area contributed by atoms with Crippen LogP contribution in [0, 0.1) is 0 Å². The third-order valence-electron chi connectivity index (χ3n) is 2.68. The summed E-state index contributed by atoms with van der Waals surface area (Å²) in [7, 11) is 0. The highest BCUT2D eigenvalue weighted by Crippen LogP contribution is 2.18. The second kappa shape index (κ2) is 6.72. The van der Waals surface area contributed by atoms with Gasteiger partial charge < -0.3 is 10.6 Å². The van der Waals surface area contributed by atoms with Crippen molar-refractivity contribution in [1.29, 1.82) is 0 Å². The van der Waals surface area contributed by atoms with Gasteiger partial charge in [-0.3, -0.25) is 9.78 Å². The SMILES string of the molecule is O=C(NCc1ccccn1)c1csc(Nc2ncccn2)n1. The van der Waals surface area contributed by atoms with Crippen LogP contribution in [0.25, 0.3) is 0 Å². The molecule has 0 saturated carbocycles. The maximum Gasteiger partial charge on any atom is 0.271 e. The number of amides is 1. The molecule has 3 aromatic rings. The van der Waals surface area contributed by atoms with Gasteiger partial charge in [-0.25, -0.2) is 15.0 Å². The molecular weight excluding hydrogens is 300 g/mol. The number of rotatable bonds is 5. The Morgan fingerprint density at radius 3 is 2.68 bits per heavy atom. The summed E-state index contributed by atoms with van der Waals surface area (Å²) in [6.07, 6.45) is 4.94. The fourth-order valence-corrected chi connectivity index (χ4v) is 2.34. The molecule has 3 rings (SSSR count). The van der Waals surface area contributed by atoms with E-state index in [2.05, 4.69) is 30.6 Å². The fourth-order valence-electron chi connectivity index (χ4n) is 1.66. The van der Waals surface area contributed by atoms with Crippen molar-refractivity contribution in [2.45, 2.75) is 6.54 Å². The Kier molecular flexibility index (Phi) is 4.30. The number of anilines is 2. The molecule has 0 aliphatic carbocycles. The summed E-state index contributed by atoms with van der Waals surface area (Å²) in [6, 6.07) is 7.28. The lowest BCUT2D eigenvalue weighted by Crippen LogP contribution is -2.23. The number of thiazole rings is 1. The smallest absolute Gasteiger partial charge is 0.271 e. The molecule has 0 unspecified atom stereocenters. The van der Waals surface area contributed by atoms with E-state index in [1.807, 2.05) is 18.2 Å². The van der Waals surface area contributed by atoms with Gasteiger partial charge in [-0.2, -0.15) is 0 Å². The molecule has 0 aromatic carbocycles. The van der Waals surface area contributed by atoms with Gasteiger partial charge in [-0.05, 0) is 18.2 Å². The zero-order chi connectivity index (χ0) is 15.2. The quantitative estimate of drug-likeness (QED) is 0.748. The van der Waals surface area contributed by atoms with Crippen LogP contribution in [0.4, 0.5) is 11.1 Å². The van der Waals surface area contributed by atoms with Crippen LogP contribution in [0.2, 0.25) is 0 Å². The molecule has 110 valence electrons.